The van der Waals surface area contributed by atoms with Crippen LogP contribution in [0.1, 0.15) is 91.9 Å². The maximum atomic E-state index is 14.8. The maximum Gasteiger partial charge on any atom is 0.494 e. The van der Waals surface area contributed by atoms with Crippen molar-refractivity contribution in [3.05, 3.63) is 105 Å². The third-order valence-corrected chi connectivity index (χ3v) is 26.8. The quantitative estimate of drug-likeness (QED) is 0.0471. The Hall–Kier alpha value is -5.30. The van der Waals surface area contributed by atoms with Crippen LogP contribution < -0.4 is 5.46 Å². The predicted octanol–water partition coefficient (Wildman–Crippen LogP) is 10.8. The highest BCUT2D eigenvalue weighted by molar-refractivity contribution is 9.10. The molecular weight excluding hydrogens is 1540 g/mol. The Kier molecular flexibility index (Phi) is 29.7. The zero-order valence-corrected chi connectivity index (χ0v) is 63.0. The van der Waals surface area contributed by atoms with E-state index in [1.165, 1.54) is 42.1 Å². The summed E-state index contributed by atoms with van der Waals surface area (Å²) in [5.74, 6) is -3.90. The van der Waals surface area contributed by atoms with E-state index in [4.69, 9.17) is 43.4 Å². The first-order valence-corrected chi connectivity index (χ1v) is 40.8. The second-order valence-corrected chi connectivity index (χ2v) is 36.5. The fourth-order valence-corrected chi connectivity index (χ4v) is 18.8. The second kappa shape index (κ2) is 35.5. The van der Waals surface area contributed by atoms with Crippen molar-refractivity contribution in [2.75, 3.05) is 102 Å². The maximum absolute atomic E-state index is 14.8. The van der Waals surface area contributed by atoms with Gasteiger partial charge in [-0.3, -0.25) is 4.18 Å². The number of benzene rings is 4. The summed E-state index contributed by atoms with van der Waals surface area (Å²) in [7, 11) is -16.0. The van der Waals surface area contributed by atoms with Gasteiger partial charge in [-0.25, -0.2) is 42.8 Å². The van der Waals surface area contributed by atoms with Crippen molar-refractivity contribution < 1.29 is 93.5 Å². The Labute approximate surface area is 604 Å². The number of thioether (sulfide) groups is 1. The number of nitrogens with zero attached hydrogens (tertiary/aromatic N) is 5. The molecule has 6 aliphatic heterocycles. The number of sulfone groups is 3. The van der Waals surface area contributed by atoms with Crippen LogP contribution in [-0.2, 0) is 76.8 Å². The van der Waals surface area contributed by atoms with Gasteiger partial charge in [0.05, 0.1) is 98.7 Å². The lowest BCUT2D eigenvalue weighted by atomic mass is 9.79. The van der Waals surface area contributed by atoms with E-state index in [0.717, 1.165) is 53.9 Å². The number of hydrogen-bond acceptors (Lipinski definition) is 23. The number of ether oxygens (including phenoxy) is 5. The van der Waals surface area contributed by atoms with Crippen molar-refractivity contribution in [3.8, 4) is 36.1 Å². The Bertz CT molecular complexity index is 4080. The zero-order valence-electron chi connectivity index (χ0n) is 55.7. The van der Waals surface area contributed by atoms with E-state index in [1.807, 2.05) is 39.8 Å². The molecule has 0 spiro atoms. The van der Waals surface area contributed by atoms with Gasteiger partial charge < -0.3 is 38.1 Å². The average molecular weight is 1620 g/mol. The van der Waals surface area contributed by atoms with Crippen molar-refractivity contribution in [2.45, 2.75) is 123 Å². The van der Waals surface area contributed by atoms with Crippen molar-refractivity contribution in [1.82, 2.24) is 0 Å². The van der Waals surface area contributed by atoms with E-state index in [2.05, 4.69) is 60.3 Å². The van der Waals surface area contributed by atoms with E-state index in [9.17, 15) is 72.3 Å². The molecule has 0 bridgehead atoms. The van der Waals surface area contributed by atoms with Gasteiger partial charge in [0.15, 0.2) is 29.5 Å². The minimum absolute atomic E-state index is 0.0638. The average Bonchev–Trinajstić information content (AvgIpc) is 1.48. The number of hydrogen-bond donors (Lipinski definition) is 1. The fourth-order valence-electron chi connectivity index (χ4n) is 11.0. The molecule has 0 saturated carbocycles. The van der Waals surface area contributed by atoms with Gasteiger partial charge in [0.2, 0.25) is 0 Å². The zero-order chi connectivity index (χ0) is 74.1. The molecule has 6 aliphatic rings. The van der Waals surface area contributed by atoms with Crippen LogP contribution in [0.2, 0.25) is 0 Å². The van der Waals surface area contributed by atoms with Gasteiger partial charge in [-0.15, -0.1) is 11.8 Å². The summed E-state index contributed by atoms with van der Waals surface area (Å²) < 4.78 is 196. The normalized spacial score (nSPS) is 20.2. The number of phenolic OH excluding ortho intramolecular Hbond substituents is 1. The standard InChI is InChI=1S/C19H25BFNO5S.C13H13BrFNO3S.C13H13BrFNOS.C13H14FNO4S.C8H13NO4S/c1-17(2)18(3,4)27-20(26-17)14-5-6-16(15(21)11-14)28(23,24)13-19(12-22)7-9-25-10-8-19;14-10-1-2-12(11(15)7-10)20(17,18)9-13(8-16)3-5-19-6-4-13;14-10-1-2-12(11(15)7-10)18-9-13(8-16)3-5-17-6-4-13;14-11-7-10(16)1-2-12(11)20(17,18)9-13(8-15)3-5-19-6-4-13;1-14(10,11)13-7-8(6-9)2-4-12-5-3-8/h5-6,11H,7-10,13H2,1-4H3;1-2,7H,3-6,9H2;1-2,7H,3-6,9H2;1-2,7,16H,3-6,9H2;2-5,7H2,1H3. The Balaban J connectivity index is 0.000000200. The molecule has 6 heterocycles. The van der Waals surface area contributed by atoms with Gasteiger partial charge in [-0.2, -0.15) is 34.7 Å². The molecule has 0 aliphatic carbocycles. The summed E-state index contributed by atoms with van der Waals surface area (Å²) in [5.41, 5.74) is -4.89. The van der Waals surface area contributed by atoms with E-state index in [1.54, 1.807) is 6.07 Å². The predicted molar refractivity (Wildman–Crippen MR) is 367 cm³/mol. The van der Waals surface area contributed by atoms with E-state index in [0.29, 0.717) is 138 Å². The molecule has 10 rings (SSSR count). The molecule has 0 amide bonds. The number of rotatable bonds is 16. The molecule has 4 aromatic rings. The molecule has 4 aromatic carbocycles. The molecule has 0 radical (unpaired) electrons. The largest absolute Gasteiger partial charge is 0.508 e. The van der Waals surface area contributed by atoms with Crippen molar-refractivity contribution in [2.24, 2.45) is 27.1 Å². The van der Waals surface area contributed by atoms with Crippen LogP contribution in [0.5, 0.6) is 5.75 Å². The molecule has 6 saturated heterocycles. The first-order chi connectivity index (χ1) is 46.8. The van der Waals surface area contributed by atoms with Crippen molar-refractivity contribution >= 4 is 95.8 Å². The third kappa shape index (κ3) is 23.1. The second-order valence-electron chi connectivity index (χ2n) is 26.1. The minimum Gasteiger partial charge on any atom is -0.508 e. The van der Waals surface area contributed by atoms with Crippen LogP contribution in [0.3, 0.4) is 0 Å². The van der Waals surface area contributed by atoms with E-state index < -0.39 is 118 Å². The molecule has 34 heteroatoms. The Morgan fingerprint density at radius 1 is 0.470 bits per heavy atom. The summed E-state index contributed by atoms with van der Waals surface area (Å²) in [5, 5.41) is 55.5. The van der Waals surface area contributed by atoms with Crippen LogP contribution in [0, 0.1) is 107 Å². The summed E-state index contributed by atoms with van der Waals surface area (Å²) in [6, 6.07) is 26.3. The number of aromatic hydroxyl groups is 1. The van der Waals surface area contributed by atoms with Crippen LogP contribution in [0.25, 0.3) is 0 Å². The summed E-state index contributed by atoms with van der Waals surface area (Å²) in [6.45, 7) is 11.7. The van der Waals surface area contributed by atoms with Gasteiger partial charge >= 0.3 is 7.12 Å². The summed E-state index contributed by atoms with van der Waals surface area (Å²) in [6.07, 6.45) is 5.44. The third-order valence-electron chi connectivity index (χ3n) is 18.1. The molecule has 544 valence electrons. The number of halogens is 6. The minimum atomic E-state index is -3.98. The highest BCUT2D eigenvalue weighted by Crippen LogP contribution is 2.41. The number of phenols is 1. The van der Waals surface area contributed by atoms with E-state index >= 15 is 0 Å². The topological polar surface area (TPSA) is 350 Å². The monoisotopic (exact) mass is 1620 g/mol. The SMILES string of the molecule is CC1(C)OB(c2ccc(S(=O)(=O)CC3(C#N)CCOCC3)c(F)c2)OC1(C)C.CS(=O)(=O)OCC1(C#N)CCOCC1.N#CC1(CS(=O)(=O)c2ccc(Br)cc2F)CCOCC1.N#CC1(CS(=O)(=O)c2ccc(O)cc2F)CCOCC1.N#CC1(CSc2ccc(Br)cc2F)CCOCC1. The lowest BCUT2D eigenvalue weighted by molar-refractivity contribution is 0.00578. The fraction of sp³-hybridized carbons (Fsp3) is 0.561. The van der Waals surface area contributed by atoms with Crippen molar-refractivity contribution in [3.63, 3.8) is 0 Å². The Morgan fingerprint density at radius 2 is 0.790 bits per heavy atom. The summed E-state index contributed by atoms with van der Waals surface area (Å²) >= 11 is 7.72. The molecule has 0 aromatic heterocycles. The first kappa shape index (κ1) is 83.6. The molecule has 1 N–H and O–H groups in total. The molecular formula is C66H78BBr2F4N5O17S5. The lowest BCUT2D eigenvalue weighted by Gasteiger charge is -2.32. The highest BCUT2D eigenvalue weighted by Gasteiger charge is 2.52. The lowest BCUT2D eigenvalue weighted by Crippen LogP contribution is -2.41. The molecule has 0 unspecified atom stereocenters. The van der Waals surface area contributed by atoms with E-state index in [-0.39, 0.29) is 34.2 Å². The summed E-state index contributed by atoms with van der Waals surface area (Å²) in [4.78, 5) is -0.661. The van der Waals surface area contributed by atoms with Gasteiger partial charge in [0, 0.05) is 91.7 Å². The number of nitriles is 5. The van der Waals surface area contributed by atoms with Gasteiger partial charge in [-0.05, 0) is 158 Å². The smallest absolute Gasteiger partial charge is 0.494 e. The van der Waals surface area contributed by atoms with Crippen LogP contribution >= 0.6 is 43.6 Å². The molecule has 6 fully saturated rings. The molecule has 0 atom stereocenters. The Morgan fingerprint density at radius 3 is 1.13 bits per heavy atom. The first-order valence-electron chi connectivity index (χ1n) is 31.5. The van der Waals surface area contributed by atoms with Gasteiger partial charge in [0.25, 0.3) is 10.1 Å². The highest BCUT2D eigenvalue weighted by atomic mass is 79.9. The van der Waals surface area contributed by atoms with Crippen molar-refractivity contribution in [1.29, 1.82) is 26.3 Å². The van der Waals surface area contributed by atoms with Gasteiger partial charge in [-0.1, -0.05) is 37.9 Å². The van der Waals surface area contributed by atoms with Gasteiger partial charge in [0.1, 0.15) is 43.7 Å². The van der Waals surface area contributed by atoms with Crippen LogP contribution in [0.15, 0.2) is 101 Å². The molecule has 22 nitrogen and oxygen atoms in total. The molecule has 100 heavy (non-hydrogen) atoms. The van der Waals surface area contributed by atoms with Crippen LogP contribution in [-0.4, -0.2) is 159 Å². The van der Waals surface area contributed by atoms with Crippen LogP contribution in [0.4, 0.5) is 17.6 Å².